The average molecular weight is 319 g/mol. The van der Waals surface area contributed by atoms with Gasteiger partial charge in [-0.25, -0.2) is 9.24 Å². The Hall–Kier alpha value is -2.64. The largest absolute Gasteiger partial charge is 0.361 e. The molecule has 0 radical (unpaired) electrons. The van der Waals surface area contributed by atoms with Crippen molar-refractivity contribution in [2.75, 3.05) is 6.54 Å². The fourth-order valence-corrected chi connectivity index (χ4v) is 3.41. The molecule has 1 aliphatic carbocycles. The van der Waals surface area contributed by atoms with Crippen LogP contribution in [0.1, 0.15) is 23.5 Å². The van der Waals surface area contributed by atoms with Gasteiger partial charge in [0.15, 0.2) is 5.69 Å². The molecular weight excluding hydrogens is 301 g/mol. The highest BCUT2D eigenvalue weighted by atomic mass is 19.1. The summed E-state index contributed by atoms with van der Waals surface area (Å²) >= 11 is 0. The molecular formula is C20H18FN3. The molecule has 0 spiro atoms. The molecule has 2 N–H and O–H groups in total. The zero-order chi connectivity index (χ0) is 16.5. The first-order valence-electron chi connectivity index (χ1n) is 8.18. The Morgan fingerprint density at radius 3 is 3.00 bits per heavy atom. The highest BCUT2D eigenvalue weighted by molar-refractivity contribution is 5.87. The first-order valence-corrected chi connectivity index (χ1v) is 8.18. The topological polar surface area (TPSA) is 32.2 Å². The third-order valence-corrected chi connectivity index (χ3v) is 4.77. The molecule has 3 nitrogen and oxygen atoms in total. The van der Waals surface area contributed by atoms with E-state index in [1.807, 2.05) is 24.3 Å². The lowest BCUT2D eigenvalue weighted by atomic mass is 10.1. The number of halogens is 1. The van der Waals surface area contributed by atoms with Gasteiger partial charge in [0.25, 0.3) is 0 Å². The molecule has 120 valence electrons. The van der Waals surface area contributed by atoms with Crippen LogP contribution in [0.3, 0.4) is 0 Å². The Balaban J connectivity index is 1.39. The molecule has 0 amide bonds. The van der Waals surface area contributed by atoms with Gasteiger partial charge in [0.1, 0.15) is 5.82 Å². The Labute approximate surface area is 140 Å². The third kappa shape index (κ3) is 2.91. The lowest BCUT2D eigenvalue weighted by Crippen LogP contribution is -2.16. The Morgan fingerprint density at radius 1 is 1.25 bits per heavy atom. The molecule has 1 aliphatic rings. The standard InChI is InChI=1S/C20H18FN3/c1-22-16-5-6-20-18(9-16)19(12-24-20)17-8-14(17)11-23-10-13-3-2-4-15(21)7-13/h2-7,9,12,14,17,23-24H,8,10-11H2. The number of nitrogens with zero attached hydrogens (tertiary/aromatic N) is 1. The van der Waals surface area contributed by atoms with Crippen molar-refractivity contribution in [2.24, 2.45) is 5.92 Å². The summed E-state index contributed by atoms with van der Waals surface area (Å²) in [6, 6.07) is 12.5. The molecule has 1 aromatic heterocycles. The van der Waals surface area contributed by atoms with E-state index in [1.165, 1.54) is 17.0 Å². The van der Waals surface area contributed by atoms with Crippen LogP contribution in [0, 0.1) is 18.3 Å². The number of hydrogen-bond donors (Lipinski definition) is 2. The van der Waals surface area contributed by atoms with Crippen molar-refractivity contribution < 1.29 is 4.39 Å². The number of fused-ring (bicyclic) bond motifs is 1. The van der Waals surface area contributed by atoms with Gasteiger partial charge in [0, 0.05) is 18.3 Å². The minimum Gasteiger partial charge on any atom is -0.361 e. The van der Waals surface area contributed by atoms with Gasteiger partial charge < -0.3 is 10.3 Å². The van der Waals surface area contributed by atoms with Gasteiger partial charge in [-0.3, -0.25) is 0 Å². The fourth-order valence-electron chi connectivity index (χ4n) is 3.41. The first-order chi connectivity index (χ1) is 11.7. The highest BCUT2D eigenvalue weighted by Crippen LogP contribution is 2.49. The summed E-state index contributed by atoms with van der Waals surface area (Å²) in [5.74, 6) is 0.960. The SMILES string of the molecule is [C-]#[N+]c1ccc2[nH]cc(C3CC3CNCc3cccc(F)c3)c2c1. The van der Waals surface area contributed by atoms with Gasteiger partial charge >= 0.3 is 0 Å². The lowest BCUT2D eigenvalue weighted by molar-refractivity contribution is 0.609. The molecule has 2 atom stereocenters. The van der Waals surface area contributed by atoms with Crippen LogP contribution in [0.2, 0.25) is 0 Å². The van der Waals surface area contributed by atoms with Gasteiger partial charge in [-0.05, 0) is 65.6 Å². The monoisotopic (exact) mass is 319 g/mol. The first kappa shape index (κ1) is 14.9. The smallest absolute Gasteiger partial charge is 0.187 e. The molecule has 4 heteroatoms. The van der Waals surface area contributed by atoms with E-state index in [2.05, 4.69) is 21.3 Å². The van der Waals surface area contributed by atoms with Crippen molar-refractivity contribution in [1.82, 2.24) is 10.3 Å². The number of aromatic nitrogens is 1. The quantitative estimate of drug-likeness (QED) is 0.653. The molecule has 2 unspecified atom stereocenters. The minimum absolute atomic E-state index is 0.187. The van der Waals surface area contributed by atoms with Crippen molar-refractivity contribution in [3.05, 3.63) is 77.0 Å². The van der Waals surface area contributed by atoms with E-state index in [0.717, 1.165) is 24.0 Å². The zero-order valence-corrected chi connectivity index (χ0v) is 13.2. The zero-order valence-electron chi connectivity index (χ0n) is 13.2. The maximum atomic E-state index is 13.2. The number of rotatable bonds is 5. The number of hydrogen-bond acceptors (Lipinski definition) is 1. The van der Waals surface area contributed by atoms with E-state index in [4.69, 9.17) is 6.57 Å². The second kappa shape index (κ2) is 6.10. The second-order valence-electron chi connectivity index (χ2n) is 6.45. The Kier molecular flexibility index (Phi) is 3.79. The Morgan fingerprint density at radius 2 is 2.17 bits per heavy atom. The van der Waals surface area contributed by atoms with E-state index in [9.17, 15) is 4.39 Å². The predicted octanol–water partition coefficient (Wildman–Crippen LogP) is 4.75. The highest BCUT2D eigenvalue weighted by Gasteiger charge is 2.39. The van der Waals surface area contributed by atoms with E-state index < -0.39 is 0 Å². The summed E-state index contributed by atoms with van der Waals surface area (Å²) in [5, 5.41) is 4.60. The van der Waals surface area contributed by atoms with Crippen molar-refractivity contribution in [1.29, 1.82) is 0 Å². The average Bonchev–Trinajstić information content (AvgIpc) is 3.23. The number of H-pyrrole nitrogens is 1. The molecule has 3 aromatic rings. The molecule has 1 saturated carbocycles. The van der Waals surface area contributed by atoms with Gasteiger partial charge in [-0.1, -0.05) is 18.2 Å². The van der Waals surface area contributed by atoms with E-state index in [-0.39, 0.29) is 5.82 Å². The molecule has 0 aliphatic heterocycles. The van der Waals surface area contributed by atoms with E-state index in [1.54, 1.807) is 12.1 Å². The van der Waals surface area contributed by atoms with Crippen LogP contribution in [0.4, 0.5) is 10.1 Å². The van der Waals surface area contributed by atoms with Crippen LogP contribution >= 0.6 is 0 Å². The van der Waals surface area contributed by atoms with Crippen LogP contribution in [0.25, 0.3) is 15.7 Å². The molecule has 1 fully saturated rings. The summed E-state index contributed by atoms with van der Waals surface area (Å²) in [6.07, 6.45) is 3.24. The molecule has 24 heavy (non-hydrogen) atoms. The van der Waals surface area contributed by atoms with Crippen LogP contribution in [0.5, 0.6) is 0 Å². The van der Waals surface area contributed by atoms with Gasteiger partial charge in [0.05, 0.1) is 6.57 Å². The third-order valence-electron chi connectivity index (χ3n) is 4.77. The lowest BCUT2D eigenvalue weighted by Gasteiger charge is -2.05. The summed E-state index contributed by atoms with van der Waals surface area (Å²) in [5.41, 5.74) is 4.06. The maximum Gasteiger partial charge on any atom is 0.187 e. The molecule has 1 heterocycles. The number of nitrogens with one attached hydrogen (secondary N) is 2. The molecule has 0 bridgehead atoms. The normalized spacial score (nSPS) is 19.3. The maximum absolute atomic E-state index is 13.2. The van der Waals surface area contributed by atoms with Gasteiger partial charge in [-0.15, -0.1) is 0 Å². The van der Waals surface area contributed by atoms with Crippen molar-refractivity contribution in [2.45, 2.75) is 18.9 Å². The summed E-state index contributed by atoms with van der Waals surface area (Å²) in [7, 11) is 0. The van der Waals surface area contributed by atoms with E-state index >= 15 is 0 Å². The van der Waals surface area contributed by atoms with Gasteiger partial charge in [0.2, 0.25) is 0 Å². The molecule has 2 aromatic carbocycles. The number of benzene rings is 2. The number of aromatic amines is 1. The molecule has 4 rings (SSSR count). The Bertz CT molecular complexity index is 922. The summed E-state index contributed by atoms with van der Waals surface area (Å²) < 4.78 is 13.2. The molecule has 0 saturated heterocycles. The van der Waals surface area contributed by atoms with Crippen LogP contribution in [-0.4, -0.2) is 11.5 Å². The van der Waals surface area contributed by atoms with Crippen molar-refractivity contribution in [3.63, 3.8) is 0 Å². The van der Waals surface area contributed by atoms with Crippen LogP contribution in [-0.2, 0) is 6.54 Å². The minimum atomic E-state index is -0.187. The van der Waals surface area contributed by atoms with E-state index in [0.29, 0.717) is 24.1 Å². The second-order valence-corrected chi connectivity index (χ2v) is 6.45. The van der Waals surface area contributed by atoms with Gasteiger partial charge in [-0.2, -0.15) is 0 Å². The van der Waals surface area contributed by atoms with Crippen molar-refractivity contribution in [3.8, 4) is 0 Å². The summed E-state index contributed by atoms with van der Waals surface area (Å²) in [6.45, 7) is 8.79. The fraction of sp³-hybridized carbons (Fsp3) is 0.250. The van der Waals surface area contributed by atoms with Crippen molar-refractivity contribution >= 4 is 16.6 Å². The predicted molar refractivity (Wildman–Crippen MR) is 93.5 cm³/mol. The van der Waals surface area contributed by atoms with Crippen LogP contribution in [0.15, 0.2) is 48.7 Å². The summed E-state index contributed by atoms with van der Waals surface area (Å²) in [4.78, 5) is 6.83. The van der Waals surface area contributed by atoms with Crippen LogP contribution < -0.4 is 5.32 Å².